The molecule has 0 fully saturated rings. The van der Waals surface area contributed by atoms with Gasteiger partial charge in [-0.1, -0.05) is 6.92 Å². The van der Waals surface area contributed by atoms with Crippen LogP contribution in [0, 0.1) is 12.8 Å². The Kier molecular flexibility index (Phi) is 5.63. The van der Waals surface area contributed by atoms with Crippen LogP contribution in [0.1, 0.15) is 18.3 Å². The zero-order chi connectivity index (χ0) is 12.0. The Labute approximate surface area is 102 Å². The number of rotatable bonds is 6. The van der Waals surface area contributed by atoms with E-state index in [-0.39, 0.29) is 0 Å². The van der Waals surface area contributed by atoms with E-state index >= 15 is 0 Å². The molecule has 0 radical (unpaired) electrons. The summed E-state index contributed by atoms with van der Waals surface area (Å²) in [4.78, 5) is 4.47. The topological polar surface area (TPSA) is 48.1 Å². The van der Waals surface area contributed by atoms with Gasteiger partial charge >= 0.3 is 0 Å². The lowest BCUT2D eigenvalue weighted by atomic mass is 10.2. The molecule has 0 saturated carbocycles. The molecule has 16 heavy (non-hydrogen) atoms. The predicted octanol–water partition coefficient (Wildman–Crippen LogP) is 2.23. The number of nitrogens with two attached hydrogens (primary N) is 1. The first-order chi connectivity index (χ1) is 7.65. The zero-order valence-corrected chi connectivity index (χ0v) is 11.0. The minimum atomic E-state index is 0.566. The van der Waals surface area contributed by atoms with Gasteiger partial charge in [0.25, 0.3) is 0 Å². The molecule has 90 valence electrons. The molecule has 1 unspecified atom stereocenters. The molecule has 1 heterocycles. The molecule has 4 heteroatoms. The highest BCUT2D eigenvalue weighted by atomic mass is 32.2. The third-order valence-corrected chi connectivity index (χ3v) is 3.57. The predicted molar refractivity (Wildman–Crippen MR) is 69.9 cm³/mol. The summed E-state index contributed by atoms with van der Waals surface area (Å²) in [6.07, 6.45) is 0. The van der Waals surface area contributed by atoms with Gasteiger partial charge in [-0.05, 0) is 25.1 Å². The summed E-state index contributed by atoms with van der Waals surface area (Å²) in [6.45, 7) is 4.90. The molecule has 0 spiro atoms. The maximum atomic E-state index is 5.57. The number of aromatic nitrogens is 1. The van der Waals surface area contributed by atoms with E-state index in [1.54, 1.807) is 7.11 Å². The minimum absolute atomic E-state index is 0.566. The lowest BCUT2D eigenvalue weighted by Crippen LogP contribution is -2.12. The van der Waals surface area contributed by atoms with Crippen molar-refractivity contribution in [2.24, 2.45) is 11.7 Å². The maximum absolute atomic E-state index is 5.57. The van der Waals surface area contributed by atoms with Crippen LogP contribution in [-0.2, 0) is 5.75 Å². The van der Waals surface area contributed by atoms with E-state index in [1.165, 1.54) is 0 Å². The highest BCUT2D eigenvalue weighted by molar-refractivity contribution is 7.98. The van der Waals surface area contributed by atoms with Crippen molar-refractivity contribution in [3.05, 3.63) is 23.5 Å². The summed E-state index contributed by atoms with van der Waals surface area (Å²) in [6, 6.07) is 3.93. The van der Waals surface area contributed by atoms with Gasteiger partial charge in [-0.15, -0.1) is 0 Å². The van der Waals surface area contributed by atoms with E-state index in [9.17, 15) is 0 Å². The standard InChI is InChI=1S/C12H20N2OS/c1-9(6-13)7-16-8-11-5-12(15-3)4-10(2)14-11/h4-5,9H,6-8,13H2,1-3H3. The van der Waals surface area contributed by atoms with Crippen molar-refractivity contribution in [3.63, 3.8) is 0 Å². The van der Waals surface area contributed by atoms with Gasteiger partial charge in [-0.25, -0.2) is 0 Å². The fraction of sp³-hybridized carbons (Fsp3) is 0.583. The van der Waals surface area contributed by atoms with Gasteiger partial charge in [-0.3, -0.25) is 4.98 Å². The summed E-state index contributed by atoms with van der Waals surface area (Å²) >= 11 is 1.87. The lowest BCUT2D eigenvalue weighted by Gasteiger charge is -2.08. The first-order valence-corrected chi connectivity index (χ1v) is 6.60. The van der Waals surface area contributed by atoms with Crippen LogP contribution >= 0.6 is 11.8 Å². The molecule has 3 nitrogen and oxygen atoms in total. The fourth-order valence-corrected chi connectivity index (χ4v) is 2.34. The third kappa shape index (κ3) is 4.41. The monoisotopic (exact) mass is 240 g/mol. The van der Waals surface area contributed by atoms with E-state index in [1.807, 2.05) is 30.8 Å². The maximum Gasteiger partial charge on any atom is 0.122 e. The molecule has 0 aliphatic carbocycles. The highest BCUT2D eigenvalue weighted by Crippen LogP contribution is 2.18. The van der Waals surface area contributed by atoms with Gasteiger partial charge in [0.05, 0.1) is 12.8 Å². The Morgan fingerprint density at radius 3 is 2.88 bits per heavy atom. The molecule has 1 aromatic rings. The highest BCUT2D eigenvalue weighted by Gasteiger charge is 2.03. The van der Waals surface area contributed by atoms with Crippen LogP contribution in [-0.4, -0.2) is 24.4 Å². The van der Waals surface area contributed by atoms with Gasteiger partial charge in [0.15, 0.2) is 0 Å². The lowest BCUT2D eigenvalue weighted by molar-refractivity contribution is 0.413. The Morgan fingerprint density at radius 2 is 2.25 bits per heavy atom. The molecule has 0 amide bonds. The summed E-state index contributed by atoms with van der Waals surface area (Å²) < 4.78 is 5.22. The Bertz CT molecular complexity index is 331. The number of hydrogen-bond donors (Lipinski definition) is 1. The number of hydrogen-bond acceptors (Lipinski definition) is 4. The van der Waals surface area contributed by atoms with Gasteiger partial charge in [-0.2, -0.15) is 11.8 Å². The molecule has 2 N–H and O–H groups in total. The van der Waals surface area contributed by atoms with Crippen LogP contribution in [0.4, 0.5) is 0 Å². The largest absolute Gasteiger partial charge is 0.497 e. The van der Waals surface area contributed by atoms with Crippen LogP contribution in [0.5, 0.6) is 5.75 Å². The van der Waals surface area contributed by atoms with Gasteiger partial charge in [0.2, 0.25) is 0 Å². The Balaban J connectivity index is 2.50. The van der Waals surface area contributed by atoms with Gasteiger partial charge < -0.3 is 10.5 Å². The van der Waals surface area contributed by atoms with E-state index in [0.29, 0.717) is 5.92 Å². The van der Waals surface area contributed by atoms with E-state index in [4.69, 9.17) is 10.5 Å². The third-order valence-electron chi connectivity index (χ3n) is 2.27. The van der Waals surface area contributed by atoms with Gasteiger partial charge in [0.1, 0.15) is 5.75 Å². The first kappa shape index (κ1) is 13.3. The Morgan fingerprint density at radius 1 is 1.50 bits per heavy atom. The summed E-state index contributed by atoms with van der Waals surface area (Å²) in [7, 11) is 1.68. The second-order valence-corrected chi connectivity index (χ2v) is 5.03. The van der Waals surface area contributed by atoms with E-state index in [0.717, 1.165) is 35.2 Å². The molecule has 1 atom stereocenters. The van der Waals surface area contributed by atoms with Crippen LogP contribution in [0.2, 0.25) is 0 Å². The van der Waals surface area contributed by atoms with Crippen molar-refractivity contribution < 1.29 is 4.74 Å². The normalized spacial score (nSPS) is 12.5. The first-order valence-electron chi connectivity index (χ1n) is 5.45. The van der Waals surface area contributed by atoms with Crippen LogP contribution in [0.3, 0.4) is 0 Å². The molecule has 0 saturated heterocycles. The summed E-state index contributed by atoms with van der Waals surface area (Å²) in [5.74, 6) is 3.45. The minimum Gasteiger partial charge on any atom is -0.497 e. The van der Waals surface area contributed by atoms with Gasteiger partial charge in [0, 0.05) is 23.6 Å². The molecular weight excluding hydrogens is 220 g/mol. The molecule has 0 bridgehead atoms. The number of nitrogens with zero attached hydrogens (tertiary/aromatic N) is 1. The summed E-state index contributed by atoms with van der Waals surface area (Å²) in [5.41, 5.74) is 7.65. The number of thioether (sulfide) groups is 1. The van der Waals surface area contributed by atoms with Crippen molar-refractivity contribution in [2.45, 2.75) is 19.6 Å². The van der Waals surface area contributed by atoms with Crippen LogP contribution < -0.4 is 10.5 Å². The van der Waals surface area contributed by atoms with Crippen molar-refractivity contribution in [2.75, 3.05) is 19.4 Å². The second kappa shape index (κ2) is 6.76. The van der Waals surface area contributed by atoms with Crippen LogP contribution in [0.15, 0.2) is 12.1 Å². The molecule has 1 rings (SSSR count). The summed E-state index contributed by atoms with van der Waals surface area (Å²) in [5, 5.41) is 0. The number of ether oxygens (including phenoxy) is 1. The molecule has 1 aromatic heterocycles. The average Bonchev–Trinajstić information content (AvgIpc) is 2.28. The number of aryl methyl sites for hydroxylation is 1. The van der Waals surface area contributed by atoms with Crippen molar-refractivity contribution in [3.8, 4) is 5.75 Å². The number of methoxy groups -OCH3 is 1. The van der Waals surface area contributed by atoms with Crippen LogP contribution in [0.25, 0.3) is 0 Å². The molecule has 0 aliphatic heterocycles. The SMILES string of the molecule is COc1cc(C)nc(CSCC(C)CN)c1. The zero-order valence-electron chi connectivity index (χ0n) is 10.2. The number of pyridine rings is 1. The quantitative estimate of drug-likeness (QED) is 0.828. The smallest absolute Gasteiger partial charge is 0.122 e. The van der Waals surface area contributed by atoms with E-state index in [2.05, 4.69) is 11.9 Å². The van der Waals surface area contributed by atoms with Crippen molar-refractivity contribution >= 4 is 11.8 Å². The van der Waals surface area contributed by atoms with Crippen molar-refractivity contribution in [1.82, 2.24) is 4.98 Å². The van der Waals surface area contributed by atoms with Crippen molar-refractivity contribution in [1.29, 1.82) is 0 Å². The van der Waals surface area contributed by atoms with E-state index < -0.39 is 0 Å². The second-order valence-electron chi connectivity index (χ2n) is 4.00. The molecule has 0 aromatic carbocycles. The fourth-order valence-electron chi connectivity index (χ4n) is 1.33. The Hall–Kier alpha value is -0.740. The molecular formula is C12H20N2OS. The molecule has 0 aliphatic rings. The average molecular weight is 240 g/mol.